The zero-order chi connectivity index (χ0) is 41.6. The highest BCUT2D eigenvalue weighted by Gasteiger charge is 2.46. The van der Waals surface area contributed by atoms with Gasteiger partial charge in [0.05, 0.1) is 11.0 Å². The summed E-state index contributed by atoms with van der Waals surface area (Å²) in [6.07, 6.45) is 0. The number of nitrogens with zero attached hydrogens (tertiary/aromatic N) is 2. The van der Waals surface area contributed by atoms with E-state index in [0.717, 1.165) is 21.9 Å². The van der Waals surface area contributed by atoms with Crippen LogP contribution < -0.4 is 15.7 Å². The summed E-state index contributed by atoms with van der Waals surface area (Å²) in [5.41, 5.74) is 16.1. The van der Waals surface area contributed by atoms with E-state index in [1.165, 1.54) is 112 Å². The Balaban J connectivity index is 1.24. The fraction of sp³-hybridized carbons (Fsp3) is 0.143. The summed E-state index contributed by atoms with van der Waals surface area (Å²) in [5, 5.41) is 10.3. The van der Waals surface area contributed by atoms with Crippen LogP contribution in [0.2, 0.25) is 0 Å². The number of para-hydroxylation sites is 1. The summed E-state index contributed by atoms with van der Waals surface area (Å²) < 4.78 is 14.8. The van der Waals surface area contributed by atoms with Crippen LogP contribution in [0.4, 0.5) is 11.4 Å². The van der Waals surface area contributed by atoms with Crippen molar-refractivity contribution >= 4 is 136 Å². The molecule has 0 aliphatic carbocycles. The lowest BCUT2D eigenvalue weighted by Crippen LogP contribution is -2.60. The number of furan rings is 1. The Labute approximate surface area is 367 Å². The molecule has 3 nitrogen and oxygen atoms in total. The van der Waals surface area contributed by atoms with Crippen molar-refractivity contribution in [1.29, 1.82) is 0 Å². The SMILES string of the molecule is CC(C)(C)c1ccc(N2B3c4cc5oc6ccccc6c5cc4-n4c5ccc(C(C)(C)C)cc5c5c6sc7ccccc7c6c(c3c54)-c3cc4c(cc32)sc2ccccc24)cc1. The lowest BCUT2D eigenvalue weighted by atomic mass is 9.43. The molecule has 0 saturated carbocycles. The maximum atomic E-state index is 6.79. The van der Waals surface area contributed by atoms with Gasteiger partial charge in [0.25, 0.3) is 0 Å². The van der Waals surface area contributed by atoms with Gasteiger partial charge in [-0.25, -0.2) is 0 Å². The summed E-state index contributed by atoms with van der Waals surface area (Å²) in [7, 11) is 0. The molecule has 0 fully saturated rings. The van der Waals surface area contributed by atoms with Gasteiger partial charge in [-0.3, -0.25) is 0 Å². The van der Waals surface area contributed by atoms with E-state index in [1.54, 1.807) is 0 Å². The molecular weight excluding hydrogens is 792 g/mol. The number of rotatable bonds is 1. The van der Waals surface area contributed by atoms with Crippen LogP contribution in [0, 0.1) is 0 Å². The average Bonchev–Trinajstić information content (AvgIpc) is 4.02. The van der Waals surface area contributed by atoms with Crippen molar-refractivity contribution < 1.29 is 4.42 Å². The first-order valence-electron chi connectivity index (χ1n) is 21.8. The van der Waals surface area contributed by atoms with Crippen LogP contribution in [0.25, 0.3) is 101 Å². The first-order valence-corrected chi connectivity index (χ1v) is 23.4. The number of fused-ring (bicyclic) bond motifs is 19. The second-order valence-electron chi connectivity index (χ2n) is 19.7. The highest BCUT2D eigenvalue weighted by atomic mass is 32.1. The molecule has 0 spiro atoms. The Morgan fingerprint density at radius 3 is 1.98 bits per heavy atom. The molecule has 12 aromatic rings. The summed E-state index contributed by atoms with van der Waals surface area (Å²) in [4.78, 5) is 2.68. The van der Waals surface area contributed by atoms with Gasteiger partial charge in [-0.2, -0.15) is 0 Å². The number of benzene rings is 8. The van der Waals surface area contributed by atoms with Crippen molar-refractivity contribution in [2.75, 3.05) is 4.81 Å². The molecule has 0 radical (unpaired) electrons. The van der Waals surface area contributed by atoms with Gasteiger partial charge in [0.15, 0.2) is 0 Å². The van der Waals surface area contributed by atoms with Crippen LogP contribution in [0.5, 0.6) is 0 Å². The molecule has 0 atom stereocenters. The molecule has 0 saturated heterocycles. The molecule has 2 aliphatic heterocycles. The monoisotopic (exact) mass is 832 g/mol. The Kier molecular flexibility index (Phi) is 6.70. The van der Waals surface area contributed by atoms with Gasteiger partial charge < -0.3 is 13.8 Å². The number of aromatic nitrogens is 1. The standard InChI is InChI=1S/C56H41BN2OS2/c1-55(2,3)30-19-22-32(23-20-30)59-42-29-48-37(34-14-8-11-17-46(34)61-48)26-39(42)49-50-35-15-9-12-18-47(35)62-54(50)51-38-25-31(56(4,5)6)21-24-41(38)58-43-27-36-33-13-7-10-16-44(33)60-45(36)28-40(43)57(59)52(49)53(51)58/h7-29H,1-6H3. The van der Waals surface area contributed by atoms with Crippen molar-refractivity contribution in [2.45, 2.75) is 52.4 Å². The molecule has 62 heavy (non-hydrogen) atoms. The normalized spacial score (nSPS) is 13.9. The Morgan fingerprint density at radius 2 is 1.21 bits per heavy atom. The van der Waals surface area contributed by atoms with E-state index < -0.39 is 0 Å². The van der Waals surface area contributed by atoms with E-state index in [-0.39, 0.29) is 17.7 Å². The largest absolute Gasteiger partial charge is 0.456 e. The molecule has 6 heteroatoms. The molecule has 8 aromatic carbocycles. The van der Waals surface area contributed by atoms with Crippen LogP contribution in [0.3, 0.4) is 0 Å². The van der Waals surface area contributed by atoms with Crippen LogP contribution in [0.1, 0.15) is 52.7 Å². The Bertz CT molecular complexity index is 3960. The molecule has 0 amide bonds. The third-order valence-corrected chi connectivity index (χ3v) is 16.4. The van der Waals surface area contributed by atoms with Gasteiger partial charge in [0, 0.05) is 84.5 Å². The molecule has 296 valence electrons. The smallest absolute Gasteiger partial charge is 0.333 e. The van der Waals surface area contributed by atoms with Crippen molar-refractivity contribution in [3.63, 3.8) is 0 Å². The fourth-order valence-electron chi connectivity index (χ4n) is 11.1. The molecule has 0 N–H and O–H groups in total. The Hall–Kier alpha value is -6.34. The van der Waals surface area contributed by atoms with Crippen molar-refractivity contribution in [2.24, 2.45) is 0 Å². The lowest BCUT2D eigenvalue weighted by Gasteiger charge is -2.42. The third-order valence-electron chi connectivity index (χ3n) is 14.1. The molecule has 6 heterocycles. The lowest BCUT2D eigenvalue weighted by molar-refractivity contribution is 0.590. The van der Waals surface area contributed by atoms with E-state index in [4.69, 9.17) is 4.42 Å². The molecule has 0 unspecified atom stereocenters. The van der Waals surface area contributed by atoms with Crippen LogP contribution in [-0.2, 0) is 10.8 Å². The van der Waals surface area contributed by atoms with Gasteiger partial charge in [0.2, 0.25) is 0 Å². The maximum Gasteiger partial charge on any atom is 0.333 e. The van der Waals surface area contributed by atoms with Crippen LogP contribution in [-0.4, -0.2) is 11.4 Å². The second-order valence-corrected chi connectivity index (χ2v) is 21.8. The quantitative estimate of drug-likeness (QED) is 0.154. The number of hydrogen-bond acceptors (Lipinski definition) is 4. The summed E-state index contributed by atoms with van der Waals surface area (Å²) in [6, 6.07) is 53.2. The number of anilines is 2. The average molecular weight is 833 g/mol. The zero-order valence-electron chi connectivity index (χ0n) is 35.5. The topological polar surface area (TPSA) is 21.3 Å². The van der Waals surface area contributed by atoms with E-state index in [9.17, 15) is 0 Å². The summed E-state index contributed by atoms with van der Waals surface area (Å²) in [6.45, 7) is 13.8. The van der Waals surface area contributed by atoms with Gasteiger partial charge >= 0.3 is 6.85 Å². The number of thiophene rings is 2. The predicted octanol–water partition coefficient (Wildman–Crippen LogP) is 15.3. The van der Waals surface area contributed by atoms with Crippen LogP contribution in [0.15, 0.2) is 144 Å². The van der Waals surface area contributed by atoms with Crippen LogP contribution >= 0.6 is 22.7 Å². The minimum atomic E-state index is -0.137. The van der Waals surface area contributed by atoms with E-state index in [1.807, 2.05) is 22.7 Å². The zero-order valence-corrected chi connectivity index (χ0v) is 37.1. The minimum Gasteiger partial charge on any atom is -0.456 e. The molecular formula is C56H41BN2OS2. The van der Waals surface area contributed by atoms with Gasteiger partial charge in [-0.05, 0) is 105 Å². The fourth-order valence-corrected chi connectivity index (χ4v) is 13.5. The molecule has 0 bridgehead atoms. The highest BCUT2D eigenvalue weighted by Crippen LogP contribution is 2.54. The predicted molar refractivity (Wildman–Crippen MR) is 270 cm³/mol. The maximum absolute atomic E-state index is 6.79. The van der Waals surface area contributed by atoms with E-state index >= 15 is 0 Å². The van der Waals surface area contributed by atoms with Gasteiger partial charge in [0.1, 0.15) is 11.2 Å². The Morgan fingerprint density at radius 1 is 0.516 bits per heavy atom. The van der Waals surface area contributed by atoms with Gasteiger partial charge in [-0.15, -0.1) is 22.7 Å². The van der Waals surface area contributed by atoms with Crippen molar-refractivity contribution in [1.82, 2.24) is 4.57 Å². The molecule has 4 aromatic heterocycles. The second kappa shape index (κ2) is 11.8. The summed E-state index contributed by atoms with van der Waals surface area (Å²) >= 11 is 3.86. The molecule has 14 rings (SSSR count). The van der Waals surface area contributed by atoms with E-state index in [0.29, 0.717) is 0 Å². The van der Waals surface area contributed by atoms with Crippen molar-refractivity contribution in [3.05, 3.63) is 151 Å². The highest BCUT2D eigenvalue weighted by molar-refractivity contribution is 7.27. The third kappa shape index (κ3) is 4.51. The first kappa shape index (κ1) is 35.3. The van der Waals surface area contributed by atoms with Crippen molar-refractivity contribution in [3.8, 4) is 16.8 Å². The van der Waals surface area contributed by atoms with Gasteiger partial charge in [-0.1, -0.05) is 114 Å². The minimum absolute atomic E-state index is 0.0117. The van der Waals surface area contributed by atoms with E-state index in [2.05, 4.69) is 190 Å². The first-order chi connectivity index (χ1) is 30.0. The number of hydrogen-bond donors (Lipinski definition) is 0. The summed E-state index contributed by atoms with van der Waals surface area (Å²) in [5.74, 6) is 0. The molecule has 2 aliphatic rings.